The van der Waals surface area contributed by atoms with Gasteiger partial charge in [0.15, 0.2) is 0 Å². The van der Waals surface area contributed by atoms with Crippen LogP contribution < -0.4 is 5.32 Å². The van der Waals surface area contributed by atoms with Gasteiger partial charge >= 0.3 is 0 Å². The van der Waals surface area contributed by atoms with Crippen molar-refractivity contribution in [2.75, 3.05) is 18.4 Å². The third kappa shape index (κ3) is 4.32. The molecule has 3 aromatic rings. The maximum absolute atomic E-state index is 13.1. The molecule has 9 heteroatoms. The number of benzene rings is 2. The summed E-state index contributed by atoms with van der Waals surface area (Å²) in [4.78, 5) is 13.3. The molecule has 1 fully saturated rings. The lowest BCUT2D eigenvalue weighted by Crippen LogP contribution is -2.35. The molecule has 0 unspecified atom stereocenters. The highest BCUT2D eigenvalue weighted by atomic mass is 32.2. The second kappa shape index (κ2) is 8.96. The molecule has 7 nitrogen and oxygen atoms in total. The fourth-order valence-corrected chi connectivity index (χ4v) is 6.78. The number of carbonyl (C=O) groups is 1. The first-order valence-electron chi connectivity index (χ1n) is 11.1. The Kier molecular flexibility index (Phi) is 6.03. The van der Waals surface area contributed by atoms with E-state index in [1.165, 1.54) is 16.4 Å². The Morgan fingerprint density at radius 2 is 1.67 bits per heavy atom. The highest BCUT2D eigenvalue weighted by Gasteiger charge is 2.27. The Balaban J connectivity index is 1.40. The molecule has 0 spiro atoms. The van der Waals surface area contributed by atoms with Gasteiger partial charge in [0.05, 0.1) is 16.3 Å². The predicted octanol–water partition coefficient (Wildman–Crippen LogP) is 4.35. The highest BCUT2D eigenvalue weighted by Crippen LogP contribution is 2.36. The number of rotatable bonds is 5. The third-order valence-electron chi connectivity index (χ3n) is 6.13. The zero-order chi connectivity index (χ0) is 23.0. The lowest BCUT2D eigenvalue weighted by atomic mass is 10.2. The van der Waals surface area contributed by atoms with Crippen LogP contribution in [-0.2, 0) is 21.5 Å². The zero-order valence-electron chi connectivity index (χ0n) is 18.5. The van der Waals surface area contributed by atoms with E-state index in [-0.39, 0.29) is 10.8 Å². The van der Waals surface area contributed by atoms with Crippen LogP contribution >= 0.6 is 11.8 Å². The molecular formula is C24H26N4O3S2. The van der Waals surface area contributed by atoms with Crippen LogP contribution in [0.3, 0.4) is 0 Å². The van der Waals surface area contributed by atoms with Crippen LogP contribution in [0.25, 0.3) is 5.69 Å². The van der Waals surface area contributed by atoms with Gasteiger partial charge in [0, 0.05) is 35.7 Å². The number of thioether (sulfide) groups is 1. The maximum atomic E-state index is 13.1. The van der Waals surface area contributed by atoms with Gasteiger partial charge in [-0.3, -0.25) is 4.79 Å². The summed E-state index contributed by atoms with van der Waals surface area (Å²) < 4.78 is 29.1. The Labute approximate surface area is 198 Å². The number of aromatic nitrogens is 2. The number of sulfonamides is 1. The maximum Gasteiger partial charge on any atom is 0.256 e. The van der Waals surface area contributed by atoms with E-state index in [9.17, 15) is 13.2 Å². The molecule has 33 heavy (non-hydrogen) atoms. The monoisotopic (exact) mass is 482 g/mol. The number of nitrogens with one attached hydrogen (secondary N) is 1. The van der Waals surface area contributed by atoms with Gasteiger partial charge in [0.2, 0.25) is 10.0 Å². The first-order valence-corrected chi connectivity index (χ1v) is 13.7. The van der Waals surface area contributed by atoms with Crippen LogP contribution in [0, 0.1) is 6.92 Å². The normalized spacial score (nSPS) is 16.5. The van der Waals surface area contributed by atoms with Crippen molar-refractivity contribution in [1.29, 1.82) is 0 Å². The summed E-state index contributed by atoms with van der Waals surface area (Å²) in [6, 6.07) is 14.2. The van der Waals surface area contributed by atoms with Crippen molar-refractivity contribution in [1.82, 2.24) is 14.1 Å². The van der Waals surface area contributed by atoms with E-state index in [4.69, 9.17) is 5.10 Å². The van der Waals surface area contributed by atoms with Gasteiger partial charge in [-0.1, -0.05) is 24.1 Å². The SMILES string of the molecule is Cc1ccc(-n2nc3c(c2NC(=O)c2ccc(S(=O)(=O)N4CCCCC4)cc2)CSC3)cc1. The van der Waals surface area contributed by atoms with Crippen molar-refractivity contribution in [2.24, 2.45) is 0 Å². The molecule has 172 valence electrons. The van der Waals surface area contributed by atoms with E-state index >= 15 is 0 Å². The molecule has 0 saturated carbocycles. The standard InChI is InChI=1S/C24H26N4O3S2/c1-17-5-9-19(10-6-17)28-23(21-15-32-16-22(21)26-28)25-24(29)18-7-11-20(12-8-18)33(30,31)27-13-3-2-4-14-27/h5-12H,2-4,13-16H2,1H3,(H,25,29). The molecule has 0 bridgehead atoms. The summed E-state index contributed by atoms with van der Waals surface area (Å²) in [6.07, 6.45) is 2.83. The average Bonchev–Trinajstić information content (AvgIpc) is 3.43. The van der Waals surface area contributed by atoms with Crippen LogP contribution in [0.2, 0.25) is 0 Å². The summed E-state index contributed by atoms with van der Waals surface area (Å²) in [5, 5.41) is 7.76. The van der Waals surface area contributed by atoms with Gasteiger partial charge in [-0.05, 0) is 56.2 Å². The van der Waals surface area contributed by atoms with Gasteiger partial charge in [-0.25, -0.2) is 13.1 Å². The van der Waals surface area contributed by atoms with E-state index in [1.807, 2.05) is 31.2 Å². The van der Waals surface area contributed by atoms with Gasteiger partial charge in [-0.15, -0.1) is 0 Å². The number of aryl methyl sites for hydroxylation is 1. The third-order valence-corrected chi connectivity index (χ3v) is 9.01. The van der Waals surface area contributed by atoms with E-state index in [1.54, 1.807) is 28.6 Å². The quantitative estimate of drug-likeness (QED) is 0.584. The fourth-order valence-electron chi connectivity index (χ4n) is 4.23. The average molecular weight is 483 g/mol. The minimum absolute atomic E-state index is 0.225. The van der Waals surface area contributed by atoms with Crippen molar-refractivity contribution in [3.8, 4) is 5.69 Å². The van der Waals surface area contributed by atoms with Crippen LogP contribution in [0.1, 0.15) is 46.4 Å². The molecule has 1 amide bonds. The van der Waals surface area contributed by atoms with Gasteiger partial charge in [0.25, 0.3) is 5.91 Å². The number of hydrogen-bond acceptors (Lipinski definition) is 5. The number of anilines is 1. The summed E-state index contributed by atoms with van der Waals surface area (Å²) in [5.74, 6) is 2.00. The molecule has 1 N–H and O–H groups in total. The molecule has 0 radical (unpaired) electrons. The first kappa shape index (κ1) is 22.2. The lowest BCUT2D eigenvalue weighted by Gasteiger charge is -2.25. The van der Waals surface area contributed by atoms with Crippen LogP contribution in [0.15, 0.2) is 53.4 Å². The smallest absolute Gasteiger partial charge is 0.256 e. The van der Waals surface area contributed by atoms with Crippen molar-refractivity contribution < 1.29 is 13.2 Å². The minimum atomic E-state index is -3.52. The number of nitrogens with zero attached hydrogens (tertiary/aromatic N) is 3. The predicted molar refractivity (Wildman–Crippen MR) is 130 cm³/mol. The summed E-state index contributed by atoms with van der Waals surface area (Å²) in [7, 11) is -3.52. The zero-order valence-corrected chi connectivity index (χ0v) is 20.1. The molecule has 0 atom stereocenters. The Bertz CT molecular complexity index is 1280. The van der Waals surface area contributed by atoms with Gasteiger partial charge in [-0.2, -0.15) is 21.2 Å². The van der Waals surface area contributed by atoms with Crippen molar-refractivity contribution in [3.63, 3.8) is 0 Å². The molecular weight excluding hydrogens is 456 g/mol. The summed E-state index contributed by atoms with van der Waals surface area (Å²) in [6.45, 7) is 3.13. The van der Waals surface area contributed by atoms with Crippen LogP contribution in [0.5, 0.6) is 0 Å². The molecule has 5 rings (SSSR count). The number of hydrogen-bond donors (Lipinski definition) is 1. The largest absolute Gasteiger partial charge is 0.306 e. The van der Waals surface area contributed by atoms with E-state index < -0.39 is 10.0 Å². The highest BCUT2D eigenvalue weighted by molar-refractivity contribution is 7.98. The van der Waals surface area contributed by atoms with Gasteiger partial charge < -0.3 is 5.32 Å². The second-order valence-corrected chi connectivity index (χ2v) is 11.4. The van der Waals surface area contributed by atoms with Crippen LogP contribution in [-0.4, -0.2) is 41.5 Å². The molecule has 2 aliphatic heterocycles. The van der Waals surface area contributed by atoms with Crippen LogP contribution in [0.4, 0.5) is 5.82 Å². The Hall–Kier alpha value is -2.62. The molecule has 2 aliphatic rings. The fraction of sp³-hybridized carbons (Fsp3) is 0.333. The lowest BCUT2D eigenvalue weighted by molar-refractivity contribution is 0.102. The number of fused-ring (bicyclic) bond motifs is 1. The van der Waals surface area contributed by atoms with Crippen molar-refractivity contribution in [2.45, 2.75) is 42.6 Å². The van der Waals surface area contributed by atoms with Crippen molar-refractivity contribution >= 4 is 33.5 Å². The minimum Gasteiger partial charge on any atom is -0.306 e. The van der Waals surface area contributed by atoms with E-state index in [0.717, 1.165) is 53.3 Å². The number of piperidine rings is 1. The van der Waals surface area contributed by atoms with E-state index in [0.29, 0.717) is 24.5 Å². The number of carbonyl (C=O) groups excluding carboxylic acids is 1. The van der Waals surface area contributed by atoms with Gasteiger partial charge in [0.1, 0.15) is 5.82 Å². The summed E-state index contributed by atoms with van der Waals surface area (Å²) in [5.41, 5.74) is 4.47. The Morgan fingerprint density at radius 1 is 0.970 bits per heavy atom. The first-order chi connectivity index (χ1) is 15.9. The molecule has 2 aromatic carbocycles. The topological polar surface area (TPSA) is 84.3 Å². The second-order valence-electron chi connectivity index (χ2n) is 8.46. The molecule has 0 aliphatic carbocycles. The summed E-state index contributed by atoms with van der Waals surface area (Å²) >= 11 is 1.77. The van der Waals surface area contributed by atoms with E-state index in [2.05, 4.69) is 5.32 Å². The molecule has 1 aromatic heterocycles. The number of amides is 1. The Morgan fingerprint density at radius 3 is 2.36 bits per heavy atom. The molecule has 1 saturated heterocycles. The van der Waals surface area contributed by atoms with Crippen molar-refractivity contribution in [3.05, 3.63) is 70.9 Å². The molecule has 3 heterocycles.